The van der Waals surface area contributed by atoms with Crippen molar-refractivity contribution in [2.45, 2.75) is 31.6 Å². The van der Waals surface area contributed by atoms with Crippen molar-refractivity contribution in [1.82, 2.24) is 15.1 Å². The minimum atomic E-state index is -4.43. The molecule has 1 heterocycles. The van der Waals surface area contributed by atoms with Gasteiger partial charge in [-0.2, -0.15) is 13.2 Å². The van der Waals surface area contributed by atoms with E-state index in [-0.39, 0.29) is 30.6 Å². The van der Waals surface area contributed by atoms with E-state index in [0.717, 1.165) is 23.8 Å². The lowest BCUT2D eigenvalue weighted by Gasteiger charge is -2.25. The zero-order valence-corrected chi connectivity index (χ0v) is 13.0. The molecule has 1 saturated heterocycles. The third-order valence-electron chi connectivity index (χ3n) is 4.26. The van der Waals surface area contributed by atoms with Gasteiger partial charge in [0.25, 0.3) is 0 Å². The van der Waals surface area contributed by atoms with E-state index in [1.165, 1.54) is 12.1 Å². The molecule has 0 unspecified atom stereocenters. The van der Waals surface area contributed by atoms with Crippen LogP contribution in [0.15, 0.2) is 24.3 Å². The first-order valence-electron chi connectivity index (χ1n) is 7.83. The third kappa shape index (κ3) is 3.69. The predicted octanol–water partition coefficient (Wildman–Crippen LogP) is 2.22. The number of alkyl halides is 3. The Morgan fingerprint density at radius 1 is 1.29 bits per heavy atom. The number of nitrogens with one attached hydrogen (secondary N) is 1. The van der Waals surface area contributed by atoms with Gasteiger partial charge in [0, 0.05) is 25.7 Å². The first kappa shape index (κ1) is 16.8. The number of hydrogen-bond acceptors (Lipinski definition) is 3. The maximum Gasteiger partial charge on any atom is 0.416 e. The molecule has 2 aliphatic rings. The Labute approximate surface area is 137 Å². The van der Waals surface area contributed by atoms with Crippen molar-refractivity contribution < 1.29 is 22.8 Å². The summed E-state index contributed by atoms with van der Waals surface area (Å²) in [6, 6.07) is 5.06. The number of carbonyl (C=O) groups excluding carboxylic acids is 2. The summed E-state index contributed by atoms with van der Waals surface area (Å²) in [6.07, 6.45) is -2.72. The fraction of sp³-hybridized carbons (Fsp3) is 0.500. The van der Waals surface area contributed by atoms with Crippen molar-refractivity contribution in [2.75, 3.05) is 19.6 Å². The Hall–Kier alpha value is -2.09. The van der Waals surface area contributed by atoms with Crippen molar-refractivity contribution in [3.05, 3.63) is 35.4 Å². The van der Waals surface area contributed by atoms with Gasteiger partial charge in [0.2, 0.25) is 5.91 Å². The second-order valence-electron chi connectivity index (χ2n) is 6.07. The highest BCUT2D eigenvalue weighted by molar-refractivity contribution is 5.96. The van der Waals surface area contributed by atoms with Crippen LogP contribution in [0.1, 0.15) is 24.0 Å². The second-order valence-corrected chi connectivity index (χ2v) is 6.07. The Bertz CT molecular complexity index is 644. The summed E-state index contributed by atoms with van der Waals surface area (Å²) < 4.78 is 39.4. The summed E-state index contributed by atoms with van der Waals surface area (Å²) in [5.74, 6) is -0.374. The highest BCUT2D eigenvalue weighted by Gasteiger charge is 2.37. The molecule has 0 radical (unpaired) electrons. The van der Waals surface area contributed by atoms with Crippen LogP contribution in [0.2, 0.25) is 0 Å². The van der Waals surface area contributed by atoms with E-state index in [1.807, 2.05) is 0 Å². The van der Waals surface area contributed by atoms with Gasteiger partial charge in [-0.1, -0.05) is 18.2 Å². The number of rotatable bonds is 5. The average molecular weight is 341 g/mol. The molecular weight excluding hydrogens is 323 g/mol. The van der Waals surface area contributed by atoms with Crippen LogP contribution >= 0.6 is 0 Å². The Balaban J connectivity index is 1.74. The molecular formula is C16H18F3N3O2. The monoisotopic (exact) mass is 341 g/mol. The average Bonchev–Trinajstić information content (AvgIpc) is 3.27. The van der Waals surface area contributed by atoms with Crippen molar-refractivity contribution >= 4 is 11.9 Å². The smallest absolute Gasteiger partial charge is 0.336 e. The summed E-state index contributed by atoms with van der Waals surface area (Å²) in [4.78, 5) is 26.7. The second kappa shape index (κ2) is 6.43. The van der Waals surface area contributed by atoms with Gasteiger partial charge in [0.05, 0.1) is 12.1 Å². The fourth-order valence-electron chi connectivity index (χ4n) is 2.88. The zero-order chi connectivity index (χ0) is 17.3. The van der Waals surface area contributed by atoms with Gasteiger partial charge in [-0.05, 0) is 24.5 Å². The largest absolute Gasteiger partial charge is 0.416 e. The molecule has 0 bridgehead atoms. The van der Waals surface area contributed by atoms with Crippen molar-refractivity contribution in [3.8, 4) is 0 Å². The Morgan fingerprint density at radius 2 is 2.00 bits per heavy atom. The molecule has 130 valence electrons. The molecule has 24 heavy (non-hydrogen) atoms. The van der Waals surface area contributed by atoms with E-state index in [2.05, 4.69) is 5.32 Å². The summed E-state index contributed by atoms with van der Waals surface area (Å²) in [7, 11) is 0. The standard InChI is InChI=1S/C16H18F3N3O2/c17-16(18,19)13-4-2-1-3-11(13)9-21(12-5-6-12)10-14(23)22-8-7-20-15(22)24/h1-4,12H,5-10H2,(H,20,24). The van der Waals surface area contributed by atoms with E-state index >= 15 is 0 Å². The number of hydrogen-bond donors (Lipinski definition) is 1. The molecule has 3 amide bonds. The first-order chi connectivity index (χ1) is 11.4. The van der Waals surface area contributed by atoms with Crippen LogP contribution in [-0.4, -0.2) is 47.4 Å². The van der Waals surface area contributed by atoms with Gasteiger partial charge in [0.15, 0.2) is 0 Å². The number of halogens is 3. The lowest BCUT2D eigenvalue weighted by Crippen LogP contribution is -2.42. The summed E-state index contributed by atoms with van der Waals surface area (Å²) >= 11 is 0. The van der Waals surface area contributed by atoms with E-state index in [4.69, 9.17) is 0 Å². The molecule has 1 N–H and O–H groups in total. The van der Waals surface area contributed by atoms with Crippen LogP contribution in [0.5, 0.6) is 0 Å². The van der Waals surface area contributed by atoms with E-state index in [1.54, 1.807) is 11.0 Å². The fourth-order valence-corrected chi connectivity index (χ4v) is 2.88. The summed E-state index contributed by atoms with van der Waals surface area (Å²) in [5.41, 5.74) is -0.530. The lowest BCUT2D eigenvalue weighted by molar-refractivity contribution is -0.138. The molecule has 0 spiro atoms. The predicted molar refractivity (Wildman–Crippen MR) is 80.0 cm³/mol. The third-order valence-corrected chi connectivity index (χ3v) is 4.26. The minimum Gasteiger partial charge on any atom is -0.336 e. The molecule has 8 heteroatoms. The summed E-state index contributed by atoms with van der Waals surface area (Å²) in [5, 5.41) is 2.55. The molecule has 1 aliphatic carbocycles. The molecule has 1 aromatic carbocycles. The minimum absolute atomic E-state index is 0.0432. The molecule has 5 nitrogen and oxygen atoms in total. The highest BCUT2D eigenvalue weighted by atomic mass is 19.4. The molecule has 3 rings (SSSR count). The number of carbonyl (C=O) groups is 2. The van der Waals surface area contributed by atoms with E-state index in [9.17, 15) is 22.8 Å². The van der Waals surface area contributed by atoms with Gasteiger partial charge in [-0.25, -0.2) is 4.79 Å². The quantitative estimate of drug-likeness (QED) is 0.894. The Morgan fingerprint density at radius 3 is 2.58 bits per heavy atom. The topological polar surface area (TPSA) is 52.7 Å². The van der Waals surface area contributed by atoms with Crippen LogP contribution in [0, 0.1) is 0 Å². The maximum atomic E-state index is 13.1. The number of nitrogens with zero attached hydrogens (tertiary/aromatic N) is 2. The zero-order valence-electron chi connectivity index (χ0n) is 13.0. The van der Waals surface area contributed by atoms with Gasteiger partial charge in [-0.15, -0.1) is 0 Å². The molecule has 2 fully saturated rings. The molecule has 0 atom stereocenters. The SMILES string of the molecule is O=C(CN(Cc1ccccc1C(F)(F)F)C1CC1)N1CCNC1=O. The van der Waals surface area contributed by atoms with Crippen LogP contribution in [-0.2, 0) is 17.5 Å². The number of imide groups is 1. The lowest BCUT2D eigenvalue weighted by atomic mass is 10.1. The number of amides is 3. The molecule has 1 aromatic rings. The van der Waals surface area contributed by atoms with Crippen LogP contribution < -0.4 is 5.32 Å². The van der Waals surface area contributed by atoms with Crippen LogP contribution in [0.25, 0.3) is 0 Å². The van der Waals surface area contributed by atoms with Gasteiger partial charge in [0.1, 0.15) is 0 Å². The van der Waals surface area contributed by atoms with Crippen molar-refractivity contribution in [3.63, 3.8) is 0 Å². The van der Waals surface area contributed by atoms with Crippen LogP contribution in [0.4, 0.5) is 18.0 Å². The molecule has 1 saturated carbocycles. The number of benzene rings is 1. The Kier molecular flexibility index (Phi) is 4.49. The van der Waals surface area contributed by atoms with Gasteiger partial charge < -0.3 is 5.32 Å². The summed E-state index contributed by atoms with van der Waals surface area (Å²) in [6.45, 7) is 0.700. The van der Waals surface area contributed by atoms with Gasteiger partial charge >= 0.3 is 12.2 Å². The highest BCUT2D eigenvalue weighted by Crippen LogP contribution is 2.34. The number of urea groups is 1. The maximum absolute atomic E-state index is 13.1. The molecule has 0 aromatic heterocycles. The van der Waals surface area contributed by atoms with Crippen molar-refractivity contribution in [2.24, 2.45) is 0 Å². The first-order valence-corrected chi connectivity index (χ1v) is 7.83. The van der Waals surface area contributed by atoms with E-state index in [0.29, 0.717) is 13.1 Å². The van der Waals surface area contributed by atoms with Gasteiger partial charge in [-0.3, -0.25) is 14.6 Å². The normalized spacial score (nSPS) is 18.2. The molecule has 1 aliphatic heterocycles. The van der Waals surface area contributed by atoms with Crippen molar-refractivity contribution in [1.29, 1.82) is 0 Å². The van der Waals surface area contributed by atoms with Crippen LogP contribution in [0.3, 0.4) is 0 Å². The van der Waals surface area contributed by atoms with E-state index < -0.39 is 17.8 Å².